The minimum Gasteiger partial charge on any atom is -0.294 e. The van der Waals surface area contributed by atoms with Gasteiger partial charge in [0.25, 0.3) is 0 Å². The normalized spacial score (nSPS) is 39.5. The first-order valence-electron chi connectivity index (χ1n) is 5.72. The van der Waals surface area contributed by atoms with Gasteiger partial charge in [-0.1, -0.05) is 23.3 Å². The van der Waals surface area contributed by atoms with Gasteiger partial charge in [0.1, 0.15) is 0 Å². The zero-order valence-electron chi connectivity index (χ0n) is 9.44. The predicted octanol–water partition coefficient (Wildman–Crippen LogP) is 2.08. The number of hydrogen-bond donors (Lipinski definition) is 0. The van der Waals surface area contributed by atoms with Crippen LogP contribution in [0.1, 0.15) is 13.8 Å². The molecular weight excluding hydrogens is 200 g/mol. The van der Waals surface area contributed by atoms with E-state index in [0.717, 1.165) is 0 Å². The van der Waals surface area contributed by atoms with Crippen molar-refractivity contribution in [2.24, 2.45) is 23.7 Å². The van der Waals surface area contributed by atoms with Crippen LogP contribution in [0.25, 0.3) is 0 Å². The lowest BCUT2D eigenvalue weighted by atomic mass is 9.75. The van der Waals surface area contributed by atoms with Crippen molar-refractivity contribution in [3.8, 4) is 0 Å². The van der Waals surface area contributed by atoms with Gasteiger partial charge in [-0.15, -0.1) is 0 Å². The number of carbonyl (C=O) groups excluding carboxylic acids is 2. The summed E-state index contributed by atoms with van der Waals surface area (Å²) in [7, 11) is 0. The van der Waals surface area contributed by atoms with Crippen molar-refractivity contribution in [3.05, 3.63) is 35.5 Å². The van der Waals surface area contributed by atoms with Gasteiger partial charge in [0.05, 0.1) is 0 Å². The van der Waals surface area contributed by atoms with Crippen molar-refractivity contribution in [3.63, 3.8) is 0 Å². The molecule has 16 heavy (non-hydrogen) atoms. The van der Waals surface area contributed by atoms with Crippen LogP contribution in [0.4, 0.5) is 0 Å². The molecule has 1 fully saturated rings. The second-order valence-corrected chi connectivity index (χ2v) is 5.08. The Kier molecular flexibility index (Phi) is 1.85. The van der Waals surface area contributed by atoms with E-state index in [9.17, 15) is 9.59 Å². The summed E-state index contributed by atoms with van der Waals surface area (Å²) < 4.78 is 0. The van der Waals surface area contributed by atoms with E-state index in [1.807, 2.05) is 0 Å². The standard InChI is InChI=1S/C14H14O2/c1-7(2)12-8-3-4-9(12)14-11(16)6-5-10(15)13(8)14/h3-6,8-9,13-14H,1-2H3/t8-,9+,13+,14-. The van der Waals surface area contributed by atoms with E-state index in [4.69, 9.17) is 0 Å². The molecule has 0 amide bonds. The zero-order valence-corrected chi connectivity index (χ0v) is 9.44. The van der Waals surface area contributed by atoms with Crippen molar-refractivity contribution in [2.45, 2.75) is 13.8 Å². The van der Waals surface area contributed by atoms with Crippen LogP contribution in [-0.2, 0) is 9.59 Å². The first-order valence-corrected chi connectivity index (χ1v) is 5.72. The van der Waals surface area contributed by atoms with E-state index in [0.29, 0.717) is 0 Å². The topological polar surface area (TPSA) is 34.1 Å². The lowest BCUT2D eigenvalue weighted by Crippen LogP contribution is -2.34. The Hall–Kier alpha value is -1.44. The molecule has 3 aliphatic carbocycles. The molecule has 0 aromatic rings. The van der Waals surface area contributed by atoms with Gasteiger partial charge >= 0.3 is 0 Å². The van der Waals surface area contributed by atoms with Crippen LogP contribution in [0, 0.1) is 23.7 Å². The van der Waals surface area contributed by atoms with Gasteiger partial charge < -0.3 is 0 Å². The van der Waals surface area contributed by atoms with Gasteiger partial charge in [-0.3, -0.25) is 9.59 Å². The summed E-state index contributed by atoms with van der Waals surface area (Å²) in [5.74, 6) is 0.387. The van der Waals surface area contributed by atoms with Crippen LogP contribution >= 0.6 is 0 Å². The zero-order chi connectivity index (χ0) is 11.4. The summed E-state index contributed by atoms with van der Waals surface area (Å²) in [4.78, 5) is 23.8. The fraction of sp³-hybridized carbons (Fsp3) is 0.429. The van der Waals surface area contributed by atoms with Crippen LogP contribution in [0.15, 0.2) is 35.5 Å². The monoisotopic (exact) mass is 214 g/mol. The van der Waals surface area contributed by atoms with E-state index < -0.39 is 0 Å². The van der Waals surface area contributed by atoms with Crippen LogP contribution in [-0.4, -0.2) is 11.6 Å². The Labute approximate surface area is 94.7 Å². The first kappa shape index (κ1) is 9.76. The summed E-state index contributed by atoms with van der Waals surface area (Å²) in [5, 5.41) is 0. The average molecular weight is 214 g/mol. The molecule has 0 unspecified atom stereocenters. The molecule has 0 aromatic heterocycles. The lowest BCUT2D eigenvalue weighted by Gasteiger charge is -2.25. The number of ketones is 2. The Morgan fingerprint density at radius 3 is 1.75 bits per heavy atom. The van der Waals surface area contributed by atoms with Crippen molar-refractivity contribution in [2.75, 3.05) is 0 Å². The van der Waals surface area contributed by atoms with Gasteiger partial charge in [0.2, 0.25) is 0 Å². The fourth-order valence-electron chi connectivity index (χ4n) is 3.50. The molecule has 0 N–H and O–H groups in total. The second kappa shape index (κ2) is 3.03. The van der Waals surface area contributed by atoms with E-state index in [2.05, 4.69) is 26.0 Å². The molecule has 2 nitrogen and oxygen atoms in total. The molecule has 3 rings (SSSR count). The van der Waals surface area contributed by atoms with Gasteiger partial charge in [-0.2, -0.15) is 0 Å². The molecule has 2 bridgehead atoms. The Morgan fingerprint density at radius 2 is 1.38 bits per heavy atom. The van der Waals surface area contributed by atoms with Crippen molar-refractivity contribution in [1.82, 2.24) is 0 Å². The third-order valence-electron chi connectivity index (χ3n) is 4.05. The minimum absolute atomic E-state index is 0.114. The summed E-state index contributed by atoms with van der Waals surface area (Å²) in [6.07, 6.45) is 7.14. The molecule has 0 heterocycles. The highest BCUT2D eigenvalue weighted by molar-refractivity contribution is 6.09. The maximum Gasteiger partial charge on any atom is 0.160 e. The van der Waals surface area contributed by atoms with Gasteiger partial charge in [0.15, 0.2) is 11.6 Å². The maximum atomic E-state index is 11.9. The molecule has 0 radical (unpaired) electrons. The molecule has 82 valence electrons. The second-order valence-electron chi connectivity index (χ2n) is 5.08. The fourth-order valence-corrected chi connectivity index (χ4v) is 3.50. The number of rotatable bonds is 0. The molecule has 0 spiro atoms. The largest absolute Gasteiger partial charge is 0.294 e. The van der Waals surface area contributed by atoms with E-state index >= 15 is 0 Å². The predicted molar refractivity (Wildman–Crippen MR) is 60.6 cm³/mol. The van der Waals surface area contributed by atoms with Crippen molar-refractivity contribution < 1.29 is 9.59 Å². The van der Waals surface area contributed by atoms with Crippen molar-refractivity contribution in [1.29, 1.82) is 0 Å². The first-order chi connectivity index (χ1) is 7.61. The highest BCUT2D eigenvalue weighted by Crippen LogP contribution is 2.54. The molecule has 1 saturated carbocycles. The van der Waals surface area contributed by atoms with Gasteiger partial charge in [-0.05, 0) is 26.0 Å². The van der Waals surface area contributed by atoms with Gasteiger partial charge in [-0.25, -0.2) is 0 Å². The molecule has 3 aliphatic rings. The van der Waals surface area contributed by atoms with E-state index in [-0.39, 0.29) is 35.2 Å². The van der Waals surface area contributed by atoms with Crippen LogP contribution in [0.2, 0.25) is 0 Å². The number of hydrogen-bond acceptors (Lipinski definition) is 2. The highest BCUT2D eigenvalue weighted by atomic mass is 16.1. The third-order valence-corrected chi connectivity index (χ3v) is 4.05. The molecule has 0 aliphatic heterocycles. The Bertz CT molecular complexity index is 439. The number of allylic oxidation sites excluding steroid dienone is 6. The van der Waals surface area contributed by atoms with Crippen LogP contribution in [0.5, 0.6) is 0 Å². The quantitative estimate of drug-likeness (QED) is 0.578. The average Bonchev–Trinajstić information content (AvgIpc) is 2.79. The smallest absolute Gasteiger partial charge is 0.160 e. The molecule has 4 atom stereocenters. The Balaban J connectivity index is 2.15. The SMILES string of the molecule is CC(C)=C1[C@H]2C=C[C@@H]1[C@@H]1C(=O)C=CC(=O)[C@@H]12. The minimum atomic E-state index is -0.114. The summed E-state index contributed by atoms with van der Waals surface area (Å²) >= 11 is 0. The molecule has 0 saturated heterocycles. The van der Waals surface area contributed by atoms with Crippen LogP contribution in [0.3, 0.4) is 0 Å². The van der Waals surface area contributed by atoms with Gasteiger partial charge in [0, 0.05) is 23.7 Å². The number of carbonyl (C=O) groups is 2. The van der Waals surface area contributed by atoms with Crippen LogP contribution < -0.4 is 0 Å². The lowest BCUT2D eigenvalue weighted by molar-refractivity contribution is -0.129. The highest BCUT2D eigenvalue weighted by Gasteiger charge is 2.54. The summed E-state index contributed by atoms with van der Waals surface area (Å²) in [5.41, 5.74) is 2.57. The van der Waals surface area contributed by atoms with E-state index in [1.54, 1.807) is 0 Å². The summed E-state index contributed by atoms with van der Waals surface area (Å²) in [6.45, 7) is 4.14. The molecular formula is C14H14O2. The third kappa shape index (κ3) is 1.02. The maximum absolute atomic E-state index is 11.9. The van der Waals surface area contributed by atoms with E-state index in [1.165, 1.54) is 23.3 Å². The summed E-state index contributed by atoms with van der Waals surface area (Å²) in [6, 6.07) is 0. The molecule has 0 aromatic carbocycles. The van der Waals surface area contributed by atoms with Crippen molar-refractivity contribution >= 4 is 11.6 Å². The Morgan fingerprint density at radius 1 is 0.938 bits per heavy atom. The molecule has 2 heteroatoms. The number of fused-ring (bicyclic) bond motifs is 5.